The second-order valence-corrected chi connectivity index (χ2v) is 5.20. The van der Waals surface area contributed by atoms with Crippen molar-refractivity contribution in [3.63, 3.8) is 0 Å². The fourth-order valence-electron chi connectivity index (χ4n) is 1.89. The van der Waals surface area contributed by atoms with Crippen molar-refractivity contribution < 1.29 is 14.3 Å². The maximum atomic E-state index is 12.7. The topological polar surface area (TPSA) is 35.5 Å². The lowest BCUT2D eigenvalue weighted by Crippen LogP contribution is -2.07. The minimum atomic E-state index is -0.245. The molecule has 0 radical (unpaired) electrons. The largest absolute Gasteiger partial charge is 0.496 e. The van der Waals surface area contributed by atoms with Crippen molar-refractivity contribution in [3.8, 4) is 11.5 Å². The molecule has 0 saturated carbocycles. The van der Waals surface area contributed by atoms with Crippen LogP contribution < -0.4 is 9.47 Å². The first-order valence-electron chi connectivity index (χ1n) is 5.79. The SMILES string of the molecule is COc1cccc(OC)c1C(=O)c1cccc(Br)c1Cl. The number of benzene rings is 2. The van der Waals surface area contributed by atoms with Crippen LogP contribution in [-0.2, 0) is 0 Å². The van der Waals surface area contributed by atoms with Crippen LogP contribution in [0.2, 0.25) is 5.02 Å². The van der Waals surface area contributed by atoms with Crippen LogP contribution in [0.15, 0.2) is 40.9 Å². The summed E-state index contributed by atoms with van der Waals surface area (Å²) in [5.41, 5.74) is 0.751. The number of carbonyl (C=O) groups excluding carboxylic acids is 1. The molecule has 0 atom stereocenters. The van der Waals surface area contributed by atoms with Crippen molar-refractivity contribution in [1.29, 1.82) is 0 Å². The zero-order valence-electron chi connectivity index (χ0n) is 10.9. The number of hydrogen-bond acceptors (Lipinski definition) is 3. The summed E-state index contributed by atoms with van der Waals surface area (Å²) in [6, 6.07) is 10.4. The molecule has 5 heteroatoms. The van der Waals surface area contributed by atoms with E-state index in [1.165, 1.54) is 14.2 Å². The molecule has 3 nitrogen and oxygen atoms in total. The van der Waals surface area contributed by atoms with Gasteiger partial charge in [-0.15, -0.1) is 0 Å². The molecule has 0 bridgehead atoms. The third-order valence-electron chi connectivity index (χ3n) is 2.85. The Morgan fingerprint density at radius 3 is 2.15 bits per heavy atom. The van der Waals surface area contributed by atoms with Crippen LogP contribution in [-0.4, -0.2) is 20.0 Å². The molecule has 0 fully saturated rings. The van der Waals surface area contributed by atoms with Gasteiger partial charge in [-0.05, 0) is 40.2 Å². The van der Waals surface area contributed by atoms with Crippen LogP contribution in [0.5, 0.6) is 11.5 Å². The van der Waals surface area contributed by atoms with E-state index in [9.17, 15) is 4.79 Å². The van der Waals surface area contributed by atoms with E-state index in [4.69, 9.17) is 21.1 Å². The lowest BCUT2D eigenvalue weighted by Gasteiger charge is -2.13. The Morgan fingerprint density at radius 1 is 1.05 bits per heavy atom. The zero-order chi connectivity index (χ0) is 14.7. The zero-order valence-corrected chi connectivity index (χ0v) is 13.3. The van der Waals surface area contributed by atoms with Crippen molar-refractivity contribution in [2.75, 3.05) is 14.2 Å². The number of hydrogen-bond donors (Lipinski definition) is 0. The predicted octanol–water partition coefficient (Wildman–Crippen LogP) is 4.35. The normalized spacial score (nSPS) is 10.2. The summed E-state index contributed by atoms with van der Waals surface area (Å²) in [5.74, 6) is 0.654. The lowest BCUT2D eigenvalue weighted by molar-refractivity contribution is 0.103. The summed E-state index contributed by atoms with van der Waals surface area (Å²) in [4.78, 5) is 12.7. The van der Waals surface area contributed by atoms with E-state index in [0.29, 0.717) is 32.1 Å². The lowest BCUT2D eigenvalue weighted by atomic mass is 10.0. The molecule has 0 aromatic heterocycles. The van der Waals surface area contributed by atoms with Gasteiger partial charge in [0.2, 0.25) is 5.78 Å². The van der Waals surface area contributed by atoms with Gasteiger partial charge in [-0.25, -0.2) is 0 Å². The summed E-state index contributed by atoms with van der Waals surface area (Å²) in [6.45, 7) is 0. The predicted molar refractivity (Wildman–Crippen MR) is 82.1 cm³/mol. The van der Waals surface area contributed by atoms with Gasteiger partial charge in [0.1, 0.15) is 17.1 Å². The van der Waals surface area contributed by atoms with Gasteiger partial charge in [-0.3, -0.25) is 4.79 Å². The summed E-state index contributed by atoms with van der Waals surface area (Å²) in [6.07, 6.45) is 0. The molecule has 0 amide bonds. The second kappa shape index (κ2) is 6.29. The average Bonchev–Trinajstić information content (AvgIpc) is 2.48. The van der Waals surface area contributed by atoms with E-state index in [1.54, 1.807) is 36.4 Å². The number of rotatable bonds is 4. The number of halogens is 2. The van der Waals surface area contributed by atoms with Crippen molar-refractivity contribution in [2.24, 2.45) is 0 Å². The summed E-state index contributed by atoms with van der Waals surface area (Å²) < 4.78 is 11.2. The first-order chi connectivity index (χ1) is 9.60. The van der Waals surface area contributed by atoms with Gasteiger partial charge in [0.25, 0.3) is 0 Å². The number of ketones is 1. The Balaban J connectivity index is 2.61. The molecule has 20 heavy (non-hydrogen) atoms. The molecular weight excluding hydrogens is 344 g/mol. The highest BCUT2D eigenvalue weighted by Crippen LogP contribution is 2.34. The van der Waals surface area contributed by atoms with Crippen LogP contribution in [0, 0.1) is 0 Å². The fourth-order valence-corrected chi connectivity index (χ4v) is 2.47. The van der Waals surface area contributed by atoms with Gasteiger partial charge in [-0.2, -0.15) is 0 Å². The van der Waals surface area contributed by atoms with Crippen molar-refractivity contribution in [2.45, 2.75) is 0 Å². The molecule has 2 aromatic rings. The molecule has 0 saturated heterocycles. The van der Waals surface area contributed by atoms with Crippen molar-refractivity contribution >= 4 is 33.3 Å². The van der Waals surface area contributed by atoms with Gasteiger partial charge in [0, 0.05) is 10.0 Å². The molecule has 104 valence electrons. The van der Waals surface area contributed by atoms with E-state index < -0.39 is 0 Å². The van der Waals surface area contributed by atoms with Crippen LogP contribution >= 0.6 is 27.5 Å². The molecule has 0 spiro atoms. The monoisotopic (exact) mass is 354 g/mol. The van der Waals surface area contributed by atoms with Gasteiger partial charge < -0.3 is 9.47 Å². The molecular formula is C15H12BrClO3. The maximum Gasteiger partial charge on any atom is 0.202 e. The Kier molecular flexibility index (Phi) is 4.68. The van der Waals surface area contributed by atoms with Gasteiger partial charge in [0.05, 0.1) is 19.2 Å². The molecule has 2 aromatic carbocycles. The quantitative estimate of drug-likeness (QED) is 0.765. The van der Waals surface area contributed by atoms with Crippen LogP contribution in [0.25, 0.3) is 0 Å². The number of carbonyl (C=O) groups is 1. The van der Waals surface area contributed by atoms with Gasteiger partial charge in [-0.1, -0.05) is 23.7 Å². The highest BCUT2D eigenvalue weighted by Gasteiger charge is 2.22. The Labute approximate surface area is 130 Å². The first-order valence-corrected chi connectivity index (χ1v) is 6.97. The Hall–Kier alpha value is -1.52. The average molecular weight is 356 g/mol. The maximum absolute atomic E-state index is 12.7. The molecule has 0 aliphatic rings. The van der Waals surface area contributed by atoms with Crippen LogP contribution in [0.3, 0.4) is 0 Å². The van der Waals surface area contributed by atoms with Crippen LogP contribution in [0.1, 0.15) is 15.9 Å². The van der Waals surface area contributed by atoms with Crippen molar-refractivity contribution in [1.82, 2.24) is 0 Å². The van der Waals surface area contributed by atoms with E-state index in [0.717, 1.165) is 0 Å². The van der Waals surface area contributed by atoms with Gasteiger partial charge in [0.15, 0.2) is 0 Å². The van der Waals surface area contributed by atoms with E-state index in [2.05, 4.69) is 15.9 Å². The molecule has 0 unspecified atom stereocenters. The highest BCUT2D eigenvalue weighted by atomic mass is 79.9. The van der Waals surface area contributed by atoms with Crippen molar-refractivity contribution in [3.05, 3.63) is 57.0 Å². The smallest absolute Gasteiger partial charge is 0.202 e. The fraction of sp³-hybridized carbons (Fsp3) is 0.133. The molecule has 2 rings (SSSR count). The second-order valence-electron chi connectivity index (χ2n) is 3.97. The minimum Gasteiger partial charge on any atom is -0.496 e. The third kappa shape index (κ3) is 2.67. The third-order valence-corrected chi connectivity index (χ3v) is 4.15. The molecule has 0 heterocycles. The molecule has 0 N–H and O–H groups in total. The number of ether oxygens (including phenoxy) is 2. The van der Waals surface area contributed by atoms with Gasteiger partial charge >= 0.3 is 0 Å². The standard InChI is InChI=1S/C15H12BrClO3/c1-19-11-7-4-8-12(20-2)13(11)15(18)9-5-3-6-10(16)14(9)17/h3-8H,1-2H3. The van der Waals surface area contributed by atoms with Crippen LogP contribution in [0.4, 0.5) is 0 Å². The number of methoxy groups -OCH3 is 2. The summed E-state index contributed by atoms with van der Waals surface area (Å²) >= 11 is 9.49. The summed E-state index contributed by atoms with van der Waals surface area (Å²) in [5, 5.41) is 0.366. The van der Waals surface area contributed by atoms with E-state index >= 15 is 0 Å². The molecule has 0 aliphatic heterocycles. The first kappa shape index (κ1) is 14.9. The highest BCUT2D eigenvalue weighted by molar-refractivity contribution is 9.10. The molecule has 0 aliphatic carbocycles. The van der Waals surface area contributed by atoms with E-state index in [1.807, 2.05) is 0 Å². The summed E-state index contributed by atoms with van der Waals surface area (Å²) in [7, 11) is 3.02. The minimum absolute atomic E-state index is 0.245. The Bertz CT molecular complexity index is 633. The Morgan fingerprint density at radius 2 is 1.60 bits per heavy atom. The van der Waals surface area contributed by atoms with E-state index in [-0.39, 0.29) is 5.78 Å².